The highest BCUT2D eigenvalue weighted by atomic mass is 16.5. The number of benzene rings is 1. The van der Waals surface area contributed by atoms with E-state index in [0.29, 0.717) is 18.0 Å². The Bertz CT molecular complexity index is 571. The monoisotopic (exact) mass is 290 g/mol. The highest BCUT2D eigenvalue weighted by molar-refractivity contribution is 6.00. The topological polar surface area (TPSA) is 64.8 Å². The zero-order valence-corrected chi connectivity index (χ0v) is 12.8. The van der Waals surface area contributed by atoms with Gasteiger partial charge in [-0.1, -0.05) is 0 Å². The minimum atomic E-state index is -0.492. The van der Waals surface area contributed by atoms with Gasteiger partial charge in [0.15, 0.2) is 6.10 Å². The van der Waals surface area contributed by atoms with Gasteiger partial charge in [0.05, 0.1) is 23.9 Å². The average molecular weight is 290 g/mol. The molecule has 0 saturated carbocycles. The molecule has 0 spiro atoms. The second-order valence-corrected chi connectivity index (χ2v) is 6.47. The van der Waals surface area contributed by atoms with Crippen molar-refractivity contribution in [3.63, 3.8) is 0 Å². The van der Waals surface area contributed by atoms with Crippen LogP contribution in [0.15, 0.2) is 18.2 Å². The lowest BCUT2D eigenvalue weighted by molar-refractivity contribution is -0.126. The first kappa shape index (κ1) is 14.2. The van der Waals surface area contributed by atoms with Crippen molar-refractivity contribution in [1.29, 1.82) is 0 Å². The first-order valence-electron chi connectivity index (χ1n) is 7.41. The highest BCUT2D eigenvalue weighted by Gasteiger charge is 2.37. The van der Waals surface area contributed by atoms with Gasteiger partial charge < -0.3 is 20.1 Å². The third-order valence-electron chi connectivity index (χ3n) is 4.13. The molecule has 1 aromatic carbocycles. The molecular weight excluding hydrogens is 268 g/mol. The molecule has 3 rings (SSSR count). The summed E-state index contributed by atoms with van der Waals surface area (Å²) in [5.41, 5.74) is 7.11. The average Bonchev–Trinajstić information content (AvgIpc) is 2.74. The van der Waals surface area contributed by atoms with Crippen LogP contribution in [-0.4, -0.2) is 30.3 Å². The molecule has 0 bridgehead atoms. The van der Waals surface area contributed by atoms with E-state index in [-0.39, 0.29) is 17.6 Å². The fraction of sp³-hybridized carbons (Fsp3) is 0.562. The predicted molar refractivity (Wildman–Crippen MR) is 81.5 cm³/mol. The molecule has 0 radical (unpaired) electrons. The number of hydrogen-bond donors (Lipinski definition) is 1. The molecule has 5 nitrogen and oxygen atoms in total. The molecule has 1 aromatic rings. The molecule has 2 aliphatic rings. The Morgan fingerprint density at radius 2 is 2.19 bits per heavy atom. The maximum absolute atomic E-state index is 12.4. The highest BCUT2D eigenvalue weighted by Crippen LogP contribution is 2.37. The van der Waals surface area contributed by atoms with Crippen molar-refractivity contribution in [3.05, 3.63) is 18.2 Å². The van der Waals surface area contributed by atoms with Gasteiger partial charge in [-0.25, -0.2) is 0 Å². The van der Waals surface area contributed by atoms with Crippen molar-refractivity contribution in [3.8, 4) is 5.75 Å². The number of nitrogens with two attached hydrogens (primary N) is 1. The van der Waals surface area contributed by atoms with Gasteiger partial charge in [0.25, 0.3) is 5.91 Å². The standard InChI is InChI=1S/C16H22N2O3/c1-10-15(19)18(9-12-6-7-16(2,3)21-12)13-5-4-11(17)8-14(13)20-10/h4-5,8,10,12H,6-7,9,17H2,1-3H3. The third kappa shape index (κ3) is 2.70. The summed E-state index contributed by atoms with van der Waals surface area (Å²) in [5, 5.41) is 0. The molecule has 2 unspecified atom stereocenters. The molecule has 0 aromatic heterocycles. The second kappa shape index (κ2) is 4.91. The molecular formula is C16H22N2O3. The Hall–Kier alpha value is -1.75. The van der Waals surface area contributed by atoms with Gasteiger partial charge in [0.2, 0.25) is 0 Å². The number of ether oxygens (including phenoxy) is 2. The van der Waals surface area contributed by atoms with Crippen molar-refractivity contribution in [2.24, 2.45) is 0 Å². The Balaban J connectivity index is 1.85. The fourth-order valence-electron chi connectivity index (χ4n) is 3.03. The SMILES string of the molecule is CC1Oc2cc(N)ccc2N(CC2CCC(C)(C)O2)C1=O. The molecule has 21 heavy (non-hydrogen) atoms. The first-order chi connectivity index (χ1) is 9.85. The van der Waals surface area contributed by atoms with Crippen LogP contribution >= 0.6 is 0 Å². The van der Waals surface area contributed by atoms with Gasteiger partial charge in [-0.05, 0) is 45.7 Å². The van der Waals surface area contributed by atoms with Crippen LogP contribution in [0.1, 0.15) is 33.6 Å². The quantitative estimate of drug-likeness (QED) is 0.849. The number of carbonyl (C=O) groups is 1. The van der Waals surface area contributed by atoms with Gasteiger partial charge in [-0.3, -0.25) is 4.79 Å². The Kier molecular flexibility index (Phi) is 3.32. The zero-order valence-electron chi connectivity index (χ0n) is 12.8. The predicted octanol–water partition coefficient (Wildman–Crippen LogP) is 2.34. The van der Waals surface area contributed by atoms with Crippen LogP contribution in [0, 0.1) is 0 Å². The van der Waals surface area contributed by atoms with Crippen LogP contribution in [0.5, 0.6) is 5.75 Å². The van der Waals surface area contributed by atoms with Gasteiger partial charge in [-0.15, -0.1) is 0 Å². The van der Waals surface area contributed by atoms with E-state index >= 15 is 0 Å². The maximum Gasteiger partial charge on any atom is 0.267 e. The Morgan fingerprint density at radius 3 is 2.86 bits per heavy atom. The summed E-state index contributed by atoms with van der Waals surface area (Å²) in [7, 11) is 0. The molecule has 2 N–H and O–H groups in total. The minimum absolute atomic E-state index is 0.0272. The number of rotatable bonds is 2. The second-order valence-electron chi connectivity index (χ2n) is 6.47. The molecule has 2 aliphatic heterocycles. The number of anilines is 2. The summed E-state index contributed by atoms with van der Waals surface area (Å²) >= 11 is 0. The molecule has 1 fully saturated rings. The van der Waals surface area contributed by atoms with Crippen molar-refractivity contribution in [2.45, 2.75) is 51.4 Å². The lowest BCUT2D eigenvalue weighted by atomic mass is 10.1. The third-order valence-corrected chi connectivity index (χ3v) is 4.13. The number of hydrogen-bond acceptors (Lipinski definition) is 4. The number of nitrogen functional groups attached to an aromatic ring is 1. The lowest BCUT2D eigenvalue weighted by Crippen LogP contribution is -2.47. The van der Waals surface area contributed by atoms with E-state index in [2.05, 4.69) is 13.8 Å². The van der Waals surface area contributed by atoms with Crippen molar-refractivity contribution >= 4 is 17.3 Å². The molecule has 1 amide bonds. The molecule has 2 heterocycles. The fourth-order valence-corrected chi connectivity index (χ4v) is 3.03. The smallest absolute Gasteiger partial charge is 0.267 e. The van der Waals surface area contributed by atoms with E-state index in [1.165, 1.54) is 0 Å². The zero-order chi connectivity index (χ0) is 15.2. The number of carbonyl (C=O) groups excluding carboxylic acids is 1. The van der Waals surface area contributed by atoms with Crippen LogP contribution in [-0.2, 0) is 9.53 Å². The summed E-state index contributed by atoms with van der Waals surface area (Å²) in [6.07, 6.45) is 1.56. The number of nitrogens with zero attached hydrogens (tertiary/aromatic N) is 1. The lowest BCUT2D eigenvalue weighted by Gasteiger charge is -2.34. The van der Waals surface area contributed by atoms with Crippen LogP contribution in [0.2, 0.25) is 0 Å². The van der Waals surface area contributed by atoms with E-state index in [4.69, 9.17) is 15.2 Å². The molecule has 114 valence electrons. The normalized spacial score (nSPS) is 27.4. The largest absolute Gasteiger partial charge is 0.479 e. The molecule has 5 heteroatoms. The summed E-state index contributed by atoms with van der Waals surface area (Å²) in [5.74, 6) is 0.639. The summed E-state index contributed by atoms with van der Waals surface area (Å²) in [6, 6.07) is 5.40. The van der Waals surface area contributed by atoms with Crippen LogP contribution < -0.4 is 15.4 Å². The van der Waals surface area contributed by atoms with Crippen molar-refractivity contribution < 1.29 is 14.3 Å². The number of fused-ring (bicyclic) bond motifs is 1. The van der Waals surface area contributed by atoms with Gasteiger partial charge in [0.1, 0.15) is 5.75 Å². The minimum Gasteiger partial charge on any atom is -0.479 e. The summed E-state index contributed by atoms with van der Waals surface area (Å²) in [4.78, 5) is 14.2. The molecule has 0 aliphatic carbocycles. The number of amides is 1. The van der Waals surface area contributed by atoms with Crippen LogP contribution in [0.25, 0.3) is 0 Å². The van der Waals surface area contributed by atoms with Gasteiger partial charge in [0, 0.05) is 11.8 Å². The Morgan fingerprint density at radius 1 is 1.43 bits per heavy atom. The van der Waals surface area contributed by atoms with E-state index in [9.17, 15) is 4.79 Å². The van der Waals surface area contributed by atoms with E-state index in [1.807, 2.05) is 6.07 Å². The summed E-state index contributed by atoms with van der Waals surface area (Å²) < 4.78 is 11.7. The van der Waals surface area contributed by atoms with E-state index < -0.39 is 6.10 Å². The van der Waals surface area contributed by atoms with Crippen LogP contribution in [0.4, 0.5) is 11.4 Å². The molecule has 2 atom stereocenters. The Labute approximate surface area is 125 Å². The van der Waals surface area contributed by atoms with Crippen molar-refractivity contribution in [2.75, 3.05) is 17.2 Å². The van der Waals surface area contributed by atoms with E-state index in [0.717, 1.165) is 18.5 Å². The van der Waals surface area contributed by atoms with E-state index in [1.54, 1.807) is 24.0 Å². The summed E-state index contributed by atoms with van der Waals surface area (Å²) in [6.45, 7) is 6.50. The van der Waals surface area contributed by atoms with Gasteiger partial charge >= 0.3 is 0 Å². The van der Waals surface area contributed by atoms with Gasteiger partial charge in [-0.2, -0.15) is 0 Å². The van der Waals surface area contributed by atoms with Crippen LogP contribution in [0.3, 0.4) is 0 Å². The maximum atomic E-state index is 12.4. The van der Waals surface area contributed by atoms with Crippen molar-refractivity contribution in [1.82, 2.24) is 0 Å². The molecule has 1 saturated heterocycles. The first-order valence-corrected chi connectivity index (χ1v) is 7.41.